The zero-order valence-corrected chi connectivity index (χ0v) is 12.7. The van der Waals surface area contributed by atoms with E-state index in [9.17, 15) is 4.79 Å². The lowest BCUT2D eigenvalue weighted by Gasteiger charge is -2.12. The second kappa shape index (κ2) is 9.63. The van der Waals surface area contributed by atoms with Gasteiger partial charge in [0.25, 0.3) is 5.91 Å². The van der Waals surface area contributed by atoms with Crippen molar-refractivity contribution in [3.05, 3.63) is 29.8 Å². The van der Waals surface area contributed by atoms with E-state index in [0.29, 0.717) is 12.3 Å². The number of rotatable bonds is 8. The van der Waals surface area contributed by atoms with Crippen LogP contribution in [0, 0.1) is 0 Å². The predicted molar refractivity (Wildman–Crippen MR) is 84.2 cm³/mol. The molecular formula is C15H24N4O2. The molecule has 0 aliphatic rings. The molecule has 1 aromatic rings. The van der Waals surface area contributed by atoms with Crippen molar-refractivity contribution < 1.29 is 9.53 Å². The number of hydrogen-bond donors (Lipinski definition) is 3. The topological polar surface area (TPSA) is 88.7 Å². The lowest BCUT2D eigenvalue weighted by molar-refractivity contribution is -0.119. The Hall–Kier alpha value is -2.24. The van der Waals surface area contributed by atoms with Crippen LogP contribution in [0.4, 0.5) is 0 Å². The van der Waals surface area contributed by atoms with E-state index in [1.165, 1.54) is 0 Å². The average Bonchev–Trinajstić information content (AvgIpc) is 2.49. The van der Waals surface area contributed by atoms with E-state index in [1.54, 1.807) is 13.1 Å². The zero-order valence-electron chi connectivity index (χ0n) is 12.7. The molecule has 0 saturated carbocycles. The standard InChI is InChI=1S/C15H24N4O2/c1-3-4-8-18-15(17-2)19-10-12-6-5-7-13(9-12)21-11-14(16)20/h5-7,9H,3-4,8,10-11H2,1-2H3,(H2,16,20)(H2,17,18,19). The number of guanidine groups is 1. The van der Waals surface area contributed by atoms with Crippen molar-refractivity contribution in [2.75, 3.05) is 20.2 Å². The Morgan fingerprint density at radius 1 is 1.38 bits per heavy atom. The Balaban J connectivity index is 2.46. The first-order chi connectivity index (χ1) is 10.2. The summed E-state index contributed by atoms with van der Waals surface area (Å²) in [6, 6.07) is 7.51. The van der Waals surface area contributed by atoms with Crippen LogP contribution in [0.15, 0.2) is 29.3 Å². The van der Waals surface area contributed by atoms with E-state index in [2.05, 4.69) is 22.5 Å². The summed E-state index contributed by atoms with van der Waals surface area (Å²) in [6.07, 6.45) is 2.25. The lowest BCUT2D eigenvalue weighted by atomic mass is 10.2. The van der Waals surface area contributed by atoms with E-state index < -0.39 is 5.91 Å². The van der Waals surface area contributed by atoms with Gasteiger partial charge < -0.3 is 21.1 Å². The van der Waals surface area contributed by atoms with Crippen LogP contribution in [0.5, 0.6) is 5.75 Å². The fraction of sp³-hybridized carbons (Fsp3) is 0.467. The number of nitrogens with two attached hydrogens (primary N) is 1. The van der Waals surface area contributed by atoms with Gasteiger partial charge in [0.05, 0.1) is 0 Å². The van der Waals surface area contributed by atoms with Gasteiger partial charge in [-0.05, 0) is 24.1 Å². The van der Waals surface area contributed by atoms with Crippen LogP contribution >= 0.6 is 0 Å². The summed E-state index contributed by atoms with van der Waals surface area (Å²) in [7, 11) is 1.74. The molecule has 116 valence electrons. The highest BCUT2D eigenvalue weighted by atomic mass is 16.5. The summed E-state index contributed by atoms with van der Waals surface area (Å²) in [5.41, 5.74) is 6.09. The first kappa shape index (κ1) is 16.8. The Labute approximate surface area is 125 Å². The van der Waals surface area contributed by atoms with Crippen LogP contribution < -0.4 is 21.1 Å². The van der Waals surface area contributed by atoms with Crippen LogP contribution in [0.3, 0.4) is 0 Å². The molecule has 4 N–H and O–H groups in total. The second-order valence-electron chi connectivity index (χ2n) is 4.61. The summed E-state index contributed by atoms with van der Waals surface area (Å²) >= 11 is 0. The molecule has 21 heavy (non-hydrogen) atoms. The number of nitrogens with zero attached hydrogens (tertiary/aromatic N) is 1. The molecule has 1 aromatic carbocycles. The minimum absolute atomic E-state index is 0.114. The van der Waals surface area contributed by atoms with Crippen molar-refractivity contribution >= 4 is 11.9 Å². The van der Waals surface area contributed by atoms with Crippen LogP contribution in [0.1, 0.15) is 25.3 Å². The van der Waals surface area contributed by atoms with Crippen LogP contribution in [0.2, 0.25) is 0 Å². The van der Waals surface area contributed by atoms with Crippen molar-refractivity contribution in [3.8, 4) is 5.75 Å². The molecule has 0 aliphatic heterocycles. The van der Waals surface area contributed by atoms with Gasteiger partial charge in [-0.2, -0.15) is 0 Å². The van der Waals surface area contributed by atoms with Gasteiger partial charge >= 0.3 is 0 Å². The van der Waals surface area contributed by atoms with Gasteiger partial charge in [-0.15, -0.1) is 0 Å². The molecule has 6 nitrogen and oxygen atoms in total. The van der Waals surface area contributed by atoms with Gasteiger partial charge in [0.1, 0.15) is 5.75 Å². The zero-order chi connectivity index (χ0) is 15.5. The van der Waals surface area contributed by atoms with Crippen molar-refractivity contribution in [1.29, 1.82) is 0 Å². The van der Waals surface area contributed by atoms with Crippen LogP contribution in [-0.2, 0) is 11.3 Å². The Morgan fingerprint density at radius 2 is 2.19 bits per heavy atom. The molecule has 0 heterocycles. The van der Waals surface area contributed by atoms with Gasteiger partial charge in [-0.1, -0.05) is 25.5 Å². The number of primary amides is 1. The molecule has 0 aromatic heterocycles. The maximum Gasteiger partial charge on any atom is 0.255 e. The summed E-state index contributed by atoms with van der Waals surface area (Å²) in [4.78, 5) is 14.9. The third kappa shape index (κ3) is 7.20. The summed E-state index contributed by atoms with van der Waals surface area (Å²) in [5.74, 6) is 0.910. The Bertz CT molecular complexity index is 474. The van der Waals surface area contributed by atoms with Crippen molar-refractivity contribution in [3.63, 3.8) is 0 Å². The van der Waals surface area contributed by atoms with E-state index in [4.69, 9.17) is 10.5 Å². The van der Waals surface area contributed by atoms with E-state index in [-0.39, 0.29) is 6.61 Å². The van der Waals surface area contributed by atoms with Crippen molar-refractivity contribution in [2.45, 2.75) is 26.3 Å². The predicted octanol–water partition coefficient (Wildman–Crippen LogP) is 1.02. The number of carbonyl (C=O) groups excluding carboxylic acids is 1. The van der Waals surface area contributed by atoms with E-state index >= 15 is 0 Å². The lowest BCUT2D eigenvalue weighted by Crippen LogP contribution is -2.37. The molecule has 0 fully saturated rings. The smallest absolute Gasteiger partial charge is 0.255 e. The first-order valence-electron chi connectivity index (χ1n) is 7.10. The van der Waals surface area contributed by atoms with Gasteiger partial charge in [-0.3, -0.25) is 9.79 Å². The Morgan fingerprint density at radius 3 is 2.86 bits per heavy atom. The molecular weight excluding hydrogens is 268 g/mol. The Kier molecular flexibility index (Phi) is 7.71. The highest BCUT2D eigenvalue weighted by molar-refractivity contribution is 5.79. The molecule has 1 rings (SSSR count). The highest BCUT2D eigenvalue weighted by Crippen LogP contribution is 2.12. The molecule has 1 amide bonds. The fourth-order valence-electron chi connectivity index (χ4n) is 1.69. The number of aliphatic imine (C=N–C) groups is 1. The highest BCUT2D eigenvalue weighted by Gasteiger charge is 2.01. The quantitative estimate of drug-likeness (QED) is 0.379. The molecule has 0 saturated heterocycles. The van der Waals surface area contributed by atoms with Crippen LogP contribution in [0.25, 0.3) is 0 Å². The number of benzene rings is 1. The third-order valence-electron chi connectivity index (χ3n) is 2.79. The van der Waals surface area contributed by atoms with Gasteiger partial charge in [0.2, 0.25) is 0 Å². The molecule has 6 heteroatoms. The molecule has 0 aliphatic carbocycles. The SMILES string of the molecule is CCCCNC(=NC)NCc1cccc(OCC(N)=O)c1. The minimum atomic E-state index is -0.487. The second-order valence-corrected chi connectivity index (χ2v) is 4.61. The molecule has 0 radical (unpaired) electrons. The number of nitrogens with one attached hydrogen (secondary N) is 2. The number of carbonyl (C=O) groups is 1. The van der Waals surface area contributed by atoms with E-state index in [1.807, 2.05) is 18.2 Å². The molecule has 0 spiro atoms. The summed E-state index contributed by atoms with van der Waals surface area (Å²) in [6.45, 7) is 3.56. The fourth-order valence-corrected chi connectivity index (χ4v) is 1.69. The van der Waals surface area contributed by atoms with Gasteiger partial charge in [-0.25, -0.2) is 0 Å². The number of unbranched alkanes of at least 4 members (excludes halogenated alkanes) is 1. The molecule has 0 bridgehead atoms. The summed E-state index contributed by atoms with van der Waals surface area (Å²) in [5, 5.41) is 6.47. The maximum atomic E-state index is 10.7. The number of ether oxygens (including phenoxy) is 1. The first-order valence-corrected chi connectivity index (χ1v) is 7.10. The third-order valence-corrected chi connectivity index (χ3v) is 2.79. The molecule has 0 unspecified atom stereocenters. The minimum Gasteiger partial charge on any atom is -0.484 e. The van der Waals surface area contributed by atoms with Crippen molar-refractivity contribution in [1.82, 2.24) is 10.6 Å². The maximum absolute atomic E-state index is 10.7. The van der Waals surface area contributed by atoms with E-state index in [0.717, 1.165) is 30.9 Å². The van der Waals surface area contributed by atoms with Gasteiger partial charge in [0.15, 0.2) is 12.6 Å². The number of hydrogen-bond acceptors (Lipinski definition) is 3. The largest absolute Gasteiger partial charge is 0.484 e. The average molecular weight is 292 g/mol. The molecule has 0 atom stereocenters. The summed E-state index contributed by atoms with van der Waals surface area (Å²) < 4.78 is 5.27. The van der Waals surface area contributed by atoms with Crippen molar-refractivity contribution in [2.24, 2.45) is 10.7 Å². The van der Waals surface area contributed by atoms with Gasteiger partial charge in [0, 0.05) is 20.1 Å². The monoisotopic (exact) mass is 292 g/mol. The van der Waals surface area contributed by atoms with Crippen LogP contribution in [-0.4, -0.2) is 32.1 Å². The number of amides is 1. The normalized spacial score (nSPS) is 11.0.